The Labute approximate surface area is 186 Å². The van der Waals surface area contributed by atoms with E-state index in [1.807, 2.05) is 29.2 Å². The van der Waals surface area contributed by atoms with Gasteiger partial charge in [-0.05, 0) is 68.1 Å². The summed E-state index contributed by atoms with van der Waals surface area (Å²) < 4.78 is 0. The van der Waals surface area contributed by atoms with Crippen molar-refractivity contribution in [2.75, 3.05) is 13.1 Å². The van der Waals surface area contributed by atoms with E-state index in [4.69, 9.17) is 0 Å². The van der Waals surface area contributed by atoms with Gasteiger partial charge in [0.1, 0.15) is 5.69 Å². The fourth-order valence-corrected chi connectivity index (χ4v) is 5.36. The number of hydrogen-bond donors (Lipinski definition) is 1. The lowest BCUT2D eigenvalue weighted by Crippen LogP contribution is -2.39. The van der Waals surface area contributed by atoms with Crippen molar-refractivity contribution in [3.8, 4) is 0 Å². The molecule has 1 fully saturated rings. The number of carbonyl (C=O) groups is 1. The van der Waals surface area contributed by atoms with Gasteiger partial charge in [0.2, 0.25) is 0 Å². The molecule has 4 rings (SSSR count). The Morgan fingerprint density at radius 1 is 1.10 bits per heavy atom. The molecule has 3 nitrogen and oxygen atoms in total. The Kier molecular flexibility index (Phi) is 6.22. The highest BCUT2D eigenvalue weighted by molar-refractivity contribution is 5.98. The molecule has 0 aliphatic heterocycles. The van der Waals surface area contributed by atoms with E-state index in [0.717, 1.165) is 24.0 Å². The molecule has 3 heteroatoms. The number of aromatic amines is 1. The van der Waals surface area contributed by atoms with Gasteiger partial charge in [-0.25, -0.2) is 0 Å². The van der Waals surface area contributed by atoms with E-state index in [1.54, 1.807) is 0 Å². The molecular weight excluding hydrogens is 380 g/mol. The maximum atomic E-state index is 13.2. The summed E-state index contributed by atoms with van der Waals surface area (Å²) in [6.07, 6.45) is 4.94. The van der Waals surface area contributed by atoms with Crippen LogP contribution in [0.5, 0.6) is 0 Å². The van der Waals surface area contributed by atoms with Gasteiger partial charge < -0.3 is 9.88 Å². The van der Waals surface area contributed by atoms with Crippen molar-refractivity contribution < 1.29 is 4.79 Å². The second-order valence-electron chi connectivity index (χ2n) is 9.93. The summed E-state index contributed by atoms with van der Waals surface area (Å²) in [5.41, 5.74) is 4.64. The minimum atomic E-state index is 0.124. The summed E-state index contributed by atoms with van der Waals surface area (Å²) in [7, 11) is 0. The van der Waals surface area contributed by atoms with Crippen LogP contribution in [0.15, 0.2) is 54.6 Å². The molecule has 0 bridgehead atoms. The van der Waals surface area contributed by atoms with E-state index in [1.165, 1.54) is 36.8 Å². The van der Waals surface area contributed by atoms with E-state index in [0.29, 0.717) is 17.5 Å². The Morgan fingerprint density at radius 3 is 2.55 bits per heavy atom. The van der Waals surface area contributed by atoms with Crippen molar-refractivity contribution in [1.82, 2.24) is 9.88 Å². The van der Waals surface area contributed by atoms with Crippen molar-refractivity contribution in [1.29, 1.82) is 0 Å². The minimum Gasteiger partial charge on any atom is -0.351 e. The Balaban J connectivity index is 1.46. The van der Waals surface area contributed by atoms with E-state index in [-0.39, 0.29) is 11.3 Å². The maximum Gasteiger partial charge on any atom is 0.270 e. The van der Waals surface area contributed by atoms with Crippen molar-refractivity contribution in [3.63, 3.8) is 0 Å². The van der Waals surface area contributed by atoms with Gasteiger partial charge >= 0.3 is 0 Å². The van der Waals surface area contributed by atoms with E-state index < -0.39 is 0 Å². The summed E-state index contributed by atoms with van der Waals surface area (Å²) >= 11 is 0. The zero-order valence-electron chi connectivity index (χ0n) is 19.4. The molecule has 0 saturated heterocycles. The van der Waals surface area contributed by atoms with Crippen molar-refractivity contribution in [3.05, 3.63) is 71.4 Å². The van der Waals surface area contributed by atoms with Crippen LogP contribution in [-0.4, -0.2) is 28.9 Å². The summed E-state index contributed by atoms with van der Waals surface area (Å²) in [6, 6.07) is 19.2. The third kappa shape index (κ3) is 4.56. The first-order chi connectivity index (χ1) is 14.9. The molecule has 0 spiro atoms. The highest BCUT2D eigenvalue weighted by Crippen LogP contribution is 2.43. The molecule has 1 saturated carbocycles. The number of benzene rings is 2. The SMILES string of the molecule is CCN(CC1CCCC(C(C)(C)c2ccc(C)cc2)C1)C(=O)c1cc2ccccc2[nH]1. The van der Waals surface area contributed by atoms with Gasteiger partial charge in [-0.3, -0.25) is 4.79 Å². The number of fused-ring (bicyclic) bond motifs is 1. The molecule has 3 aromatic rings. The fourth-order valence-electron chi connectivity index (χ4n) is 5.36. The number of nitrogens with zero attached hydrogens (tertiary/aromatic N) is 1. The topological polar surface area (TPSA) is 36.1 Å². The minimum absolute atomic E-state index is 0.124. The maximum absolute atomic E-state index is 13.2. The third-order valence-corrected chi connectivity index (χ3v) is 7.51. The third-order valence-electron chi connectivity index (χ3n) is 7.51. The van der Waals surface area contributed by atoms with Crippen molar-refractivity contribution >= 4 is 16.8 Å². The Morgan fingerprint density at radius 2 is 1.84 bits per heavy atom. The average Bonchev–Trinajstić information content (AvgIpc) is 3.22. The number of nitrogens with one attached hydrogen (secondary N) is 1. The largest absolute Gasteiger partial charge is 0.351 e. The lowest BCUT2D eigenvalue weighted by atomic mass is 9.65. The Bertz CT molecular complexity index is 998. The second kappa shape index (κ2) is 8.90. The fraction of sp³-hybridized carbons (Fsp3) is 0.464. The van der Waals surface area contributed by atoms with Crippen LogP contribution in [-0.2, 0) is 5.41 Å². The standard InChI is InChI=1S/C28H36N2O/c1-5-30(27(31)26-18-22-10-6-7-12-25(22)29-26)19-21-9-8-11-24(17-21)28(3,4)23-15-13-20(2)14-16-23/h6-7,10,12-16,18,21,24,29H,5,8-9,11,17,19H2,1-4H3. The monoisotopic (exact) mass is 416 g/mol. The van der Waals surface area contributed by atoms with Crippen LogP contribution < -0.4 is 0 Å². The average molecular weight is 417 g/mol. The van der Waals surface area contributed by atoms with Crippen LogP contribution >= 0.6 is 0 Å². The van der Waals surface area contributed by atoms with E-state index in [2.05, 4.69) is 63.0 Å². The van der Waals surface area contributed by atoms with Crippen LogP contribution in [0.1, 0.15) is 68.1 Å². The van der Waals surface area contributed by atoms with Gasteiger partial charge in [-0.1, -0.05) is 68.3 Å². The molecule has 0 radical (unpaired) electrons. The highest BCUT2D eigenvalue weighted by Gasteiger charge is 2.36. The first-order valence-corrected chi connectivity index (χ1v) is 11.8. The lowest BCUT2D eigenvalue weighted by Gasteiger charge is -2.41. The first kappa shape index (κ1) is 21.7. The summed E-state index contributed by atoms with van der Waals surface area (Å²) in [5, 5.41) is 1.10. The molecule has 1 N–H and O–H groups in total. The van der Waals surface area contributed by atoms with Crippen molar-refractivity contribution in [2.24, 2.45) is 11.8 Å². The van der Waals surface area contributed by atoms with Gasteiger partial charge in [-0.2, -0.15) is 0 Å². The number of hydrogen-bond acceptors (Lipinski definition) is 1. The number of amides is 1. The van der Waals surface area contributed by atoms with E-state index in [9.17, 15) is 4.79 Å². The molecule has 164 valence electrons. The number of aromatic nitrogens is 1. The molecule has 2 atom stereocenters. The highest BCUT2D eigenvalue weighted by atomic mass is 16.2. The van der Waals surface area contributed by atoms with Crippen LogP contribution in [0.4, 0.5) is 0 Å². The van der Waals surface area contributed by atoms with E-state index >= 15 is 0 Å². The number of rotatable bonds is 6. The number of H-pyrrole nitrogens is 1. The molecule has 1 aliphatic carbocycles. The molecule has 1 heterocycles. The van der Waals surface area contributed by atoms with Gasteiger partial charge in [0.25, 0.3) is 5.91 Å². The summed E-state index contributed by atoms with van der Waals surface area (Å²) in [4.78, 5) is 18.6. The molecule has 2 aromatic carbocycles. The smallest absolute Gasteiger partial charge is 0.270 e. The van der Waals surface area contributed by atoms with Crippen molar-refractivity contribution in [2.45, 2.75) is 58.8 Å². The molecule has 1 aromatic heterocycles. The van der Waals surface area contributed by atoms with Crippen LogP contribution in [0.2, 0.25) is 0 Å². The molecule has 1 amide bonds. The zero-order valence-corrected chi connectivity index (χ0v) is 19.4. The zero-order chi connectivity index (χ0) is 22.0. The number of aryl methyl sites for hydroxylation is 1. The second-order valence-corrected chi connectivity index (χ2v) is 9.93. The molecular formula is C28H36N2O. The molecule has 1 aliphatic rings. The number of carbonyl (C=O) groups excluding carboxylic acids is 1. The van der Waals surface area contributed by atoms with Crippen LogP contribution in [0, 0.1) is 18.8 Å². The Hall–Kier alpha value is -2.55. The van der Waals surface area contributed by atoms with Crippen LogP contribution in [0.25, 0.3) is 10.9 Å². The van der Waals surface area contributed by atoms with Gasteiger partial charge in [-0.15, -0.1) is 0 Å². The van der Waals surface area contributed by atoms with Gasteiger partial charge in [0, 0.05) is 24.0 Å². The lowest BCUT2D eigenvalue weighted by molar-refractivity contribution is 0.0690. The summed E-state index contributed by atoms with van der Waals surface area (Å²) in [5.74, 6) is 1.34. The quantitative estimate of drug-likeness (QED) is 0.475. The predicted molar refractivity (Wildman–Crippen MR) is 130 cm³/mol. The van der Waals surface area contributed by atoms with Gasteiger partial charge in [0.05, 0.1) is 0 Å². The number of para-hydroxylation sites is 1. The first-order valence-electron chi connectivity index (χ1n) is 11.8. The van der Waals surface area contributed by atoms with Crippen LogP contribution in [0.3, 0.4) is 0 Å². The van der Waals surface area contributed by atoms with Gasteiger partial charge in [0.15, 0.2) is 0 Å². The molecule has 2 unspecified atom stereocenters. The summed E-state index contributed by atoms with van der Waals surface area (Å²) in [6.45, 7) is 10.6. The normalized spacial score (nSPS) is 19.5. The molecule has 31 heavy (non-hydrogen) atoms. The predicted octanol–water partition coefficient (Wildman–Crippen LogP) is 6.72.